The second-order valence-electron chi connectivity index (χ2n) is 14.7. The van der Waals surface area contributed by atoms with Gasteiger partial charge < -0.3 is 14.6 Å². The van der Waals surface area contributed by atoms with E-state index in [1.807, 2.05) is 0 Å². The largest absolute Gasteiger partial charge is 0.463 e. The van der Waals surface area contributed by atoms with Gasteiger partial charge in [0.05, 0.1) is 0 Å². The topological polar surface area (TPSA) is 72.8 Å². The molecule has 0 rings (SSSR count). The Morgan fingerprint density at radius 3 is 1.02 bits per heavy atom. The van der Waals surface area contributed by atoms with Crippen LogP contribution in [0.25, 0.3) is 0 Å². The number of aliphatic hydroxyl groups excluding tert-OH is 1. The van der Waals surface area contributed by atoms with Crippen LogP contribution in [0.2, 0.25) is 0 Å². The summed E-state index contributed by atoms with van der Waals surface area (Å²) in [6, 6.07) is 0. The Morgan fingerprint density at radius 1 is 0.447 bits per heavy atom. The molecule has 280 valence electrons. The minimum atomic E-state index is -0.954. The Balaban J connectivity index is 3.35. The summed E-state index contributed by atoms with van der Waals surface area (Å²) in [5.74, 6) is 0.365. The standard InChI is InChI=1S/C42H82O5/c1-4-6-7-8-9-10-19-23-26-29-32-35-41(44)46-37-40(43)38-47-42(45)36-33-30-27-24-21-18-16-14-12-11-13-15-17-20-22-25-28-31-34-39(3)5-2/h39-40,43H,4-38H2,1-3H3/t39?,40-/m1/s1. The summed E-state index contributed by atoms with van der Waals surface area (Å²) in [6.45, 7) is 6.72. The molecule has 0 spiro atoms. The van der Waals surface area contributed by atoms with Crippen molar-refractivity contribution in [2.24, 2.45) is 5.92 Å². The maximum absolute atomic E-state index is 12.0. The lowest BCUT2D eigenvalue weighted by Crippen LogP contribution is -2.25. The zero-order valence-electron chi connectivity index (χ0n) is 32.0. The molecule has 1 N–H and O–H groups in total. The second kappa shape index (κ2) is 37.7. The molecule has 0 aliphatic heterocycles. The molecule has 0 fully saturated rings. The Labute approximate surface area is 293 Å². The van der Waals surface area contributed by atoms with E-state index in [9.17, 15) is 14.7 Å². The van der Waals surface area contributed by atoms with Gasteiger partial charge in [-0.15, -0.1) is 0 Å². The predicted molar refractivity (Wildman–Crippen MR) is 201 cm³/mol. The summed E-state index contributed by atoms with van der Waals surface area (Å²) in [6.07, 6.45) is 40.2. The normalized spacial score (nSPS) is 12.7. The lowest BCUT2D eigenvalue weighted by molar-refractivity contribution is -0.152. The number of unbranched alkanes of at least 4 members (excludes halogenated alkanes) is 27. The number of hydrogen-bond donors (Lipinski definition) is 1. The van der Waals surface area contributed by atoms with Gasteiger partial charge in [-0.1, -0.05) is 207 Å². The highest BCUT2D eigenvalue weighted by atomic mass is 16.6. The van der Waals surface area contributed by atoms with E-state index in [1.54, 1.807) is 0 Å². The summed E-state index contributed by atoms with van der Waals surface area (Å²) >= 11 is 0. The Kier molecular flexibility index (Phi) is 36.8. The predicted octanol–water partition coefficient (Wildman–Crippen LogP) is 13.0. The summed E-state index contributed by atoms with van der Waals surface area (Å²) in [5, 5.41) is 10.0. The average molecular weight is 667 g/mol. The lowest BCUT2D eigenvalue weighted by Gasteiger charge is -2.12. The van der Waals surface area contributed by atoms with Crippen LogP contribution in [0, 0.1) is 5.92 Å². The van der Waals surface area contributed by atoms with Crippen LogP contribution in [0.15, 0.2) is 0 Å². The molecule has 0 saturated carbocycles. The van der Waals surface area contributed by atoms with Crippen molar-refractivity contribution < 1.29 is 24.2 Å². The third-order valence-electron chi connectivity index (χ3n) is 9.88. The monoisotopic (exact) mass is 667 g/mol. The van der Waals surface area contributed by atoms with E-state index in [0.717, 1.165) is 31.6 Å². The highest BCUT2D eigenvalue weighted by Gasteiger charge is 2.12. The second-order valence-corrected chi connectivity index (χ2v) is 14.7. The zero-order chi connectivity index (χ0) is 34.5. The molecule has 0 radical (unpaired) electrons. The number of hydrogen-bond acceptors (Lipinski definition) is 5. The van der Waals surface area contributed by atoms with E-state index in [4.69, 9.17) is 9.47 Å². The van der Waals surface area contributed by atoms with Crippen molar-refractivity contribution >= 4 is 11.9 Å². The van der Waals surface area contributed by atoms with Crippen molar-refractivity contribution in [3.05, 3.63) is 0 Å². The van der Waals surface area contributed by atoms with Crippen LogP contribution in [0.3, 0.4) is 0 Å². The third kappa shape index (κ3) is 37.6. The van der Waals surface area contributed by atoms with E-state index in [2.05, 4.69) is 20.8 Å². The molecule has 0 aromatic carbocycles. The van der Waals surface area contributed by atoms with Gasteiger partial charge in [0.25, 0.3) is 0 Å². The van der Waals surface area contributed by atoms with Crippen LogP contribution in [0.1, 0.15) is 233 Å². The molecule has 0 heterocycles. The maximum atomic E-state index is 12.0. The van der Waals surface area contributed by atoms with Gasteiger partial charge in [0, 0.05) is 12.8 Å². The number of rotatable bonds is 38. The van der Waals surface area contributed by atoms with Gasteiger partial charge in [-0.25, -0.2) is 0 Å². The minimum Gasteiger partial charge on any atom is -0.463 e. The molecule has 2 atom stereocenters. The smallest absolute Gasteiger partial charge is 0.305 e. The molecule has 5 heteroatoms. The van der Waals surface area contributed by atoms with Gasteiger partial charge in [0.2, 0.25) is 0 Å². The number of carbonyl (C=O) groups is 2. The van der Waals surface area contributed by atoms with Crippen molar-refractivity contribution in [1.82, 2.24) is 0 Å². The summed E-state index contributed by atoms with van der Waals surface area (Å²) in [7, 11) is 0. The van der Waals surface area contributed by atoms with Crippen molar-refractivity contribution in [3.63, 3.8) is 0 Å². The van der Waals surface area contributed by atoms with Crippen LogP contribution in [0.5, 0.6) is 0 Å². The first-order valence-electron chi connectivity index (χ1n) is 21.0. The molecular formula is C42H82O5. The lowest BCUT2D eigenvalue weighted by atomic mass is 9.99. The zero-order valence-corrected chi connectivity index (χ0v) is 32.0. The fourth-order valence-electron chi connectivity index (χ4n) is 6.30. The molecule has 0 aromatic rings. The average Bonchev–Trinajstić information content (AvgIpc) is 3.07. The molecule has 5 nitrogen and oxygen atoms in total. The molecule has 0 saturated heterocycles. The van der Waals surface area contributed by atoms with Crippen LogP contribution >= 0.6 is 0 Å². The van der Waals surface area contributed by atoms with Crippen molar-refractivity contribution in [3.8, 4) is 0 Å². The maximum Gasteiger partial charge on any atom is 0.305 e. The van der Waals surface area contributed by atoms with Crippen molar-refractivity contribution in [2.75, 3.05) is 13.2 Å². The Hall–Kier alpha value is -1.10. The fourth-order valence-corrected chi connectivity index (χ4v) is 6.30. The number of esters is 2. The first kappa shape index (κ1) is 45.9. The molecule has 1 unspecified atom stereocenters. The van der Waals surface area contributed by atoms with Crippen LogP contribution in [-0.2, 0) is 19.1 Å². The Bertz CT molecular complexity index is 651. The van der Waals surface area contributed by atoms with Crippen LogP contribution in [-0.4, -0.2) is 36.4 Å². The SMILES string of the molecule is CCCCCCCCCCCCCC(=O)OC[C@@H](O)COC(=O)CCCCCCCCCCCCCCCCCCCCC(C)CC. The first-order chi connectivity index (χ1) is 23.0. The van der Waals surface area contributed by atoms with E-state index < -0.39 is 6.10 Å². The number of aliphatic hydroxyl groups is 1. The summed E-state index contributed by atoms with van der Waals surface area (Å²) in [4.78, 5) is 23.9. The van der Waals surface area contributed by atoms with E-state index in [-0.39, 0.29) is 25.2 Å². The highest BCUT2D eigenvalue weighted by Crippen LogP contribution is 2.17. The van der Waals surface area contributed by atoms with Crippen LogP contribution < -0.4 is 0 Å². The minimum absolute atomic E-state index is 0.108. The number of carbonyl (C=O) groups excluding carboxylic acids is 2. The quantitative estimate of drug-likeness (QED) is 0.0524. The molecular weight excluding hydrogens is 584 g/mol. The van der Waals surface area contributed by atoms with Gasteiger partial charge in [-0.05, 0) is 18.8 Å². The van der Waals surface area contributed by atoms with E-state index >= 15 is 0 Å². The van der Waals surface area contributed by atoms with E-state index in [0.29, 0.717) is 12.8 Å². The van der Waals surface area contributed by atoms with Crippen LogP contribution in [0.4, 0.5) is 0 Å². The third-order valence-corrected chi connectivity index (χ3v) is 9.88. The molecule has 0 bridgehead atoms. The number of ether oxygens (including phenoxy) is 2. The summed E-state index contributed by atoms with van der Waals surface area (Å²) in [5.41, 5.74) is 0. The molecule has 0 aliphatic carbocycles. The molecule has 47 heavy (non-hydrogen) atoms. The highest BCUT2D eigenvalue weighted by molar-refractivity contribution is 5.69. The first-order valence-corrected chi connectivity index (χ1v) is 21.0. The van der Waals surface area contributed by atoms with Crippen molar-refractivity contribution in [1.29, 1.82) is 0 Å². The fraction of sp³-hybridized carbons (Fsp3) is 0.952. The van der Waals surface area contributed by atoms with Gasteiger partial charge in [0.15, 0.2) is 0 Å². The van der Waals surface area contributed by atoms with E-state index in [1.165, 1.54) is 173 Å². The van der Waals surface area contributed by atoms with Gasteiger partial charge >= 0.3 is 11.9 Å². The molecule has 0 amide bonds. The Morgan fingerprint density at radius 2 is 0.723 bits per heavy atom. The van der Waals surface area contributed by atoms with Gasteiger partial charge in [-0.2, -0.15) is 0 Å². The summed E-state index contributed by atoms with van der Waals surface area (Å²) < 4.78 is 10.3. The van der Waals surface area contributed by atoms with Crippen molar-refractivity contribution in [2.45, 2.75) is 239 Å². The molecule has 0 aromatic heterocycles. The van der Waals surface area contributed by atoms with Gasteiger partial charge in [-0.3, -0.25) is 9.59 Å². The molecule has 0 aliphatic rings. The van der Waals surface area contributed by atoms with Gasteiger partial charge in [0.1, 0.15) is 19.3 Å².